The molecule has 0 bridgehead atoms. The van der Waals surface area contributed by atoms with Crippen LogP contribution in [0, 0.1) is 6.92 Å². The number of piperidine rings is 1. The van der Waals surface area contributed by atoms with Crippen LogP contribution in [0.3, 0.4) is 0 Å². The predicted octanol–water partition coefficient (Wildman–Crippen LogP) is 8.44. The SMILES string of the molecule is COC(=O)N1CC[C@@H](N2CCC(c3nn(C)c4ccc(-c5nc6cc(C)c(C(OC(C)(C)C)C(=O)O)c(-c7ccc(Cl)cc7)c6s5)cc34)CC2)C1. The lowest BCUT2D eigenvalue weighted by Gasteiger charge is -2.35. The molecular weight excluding hydrogens is 686 g/mol. The Morgan fingerprint density at radius 3 is 2.39 bits per heavy atom. The highest BCUT2D eigenvalue weighted by atomic mass is 35.5. The molecule has 0 saturated carbocycles. The quantitative estimate of drug-likeness (QED) is 0.178. The van der Waals surface area contributed by atoms with Gasteiger partial charge in [0.25, 0.3) is 0 Å². The zero-order valence-corrected chi connectivity index (χ0v) is 31.5. The number of aryl methyl sites for hydroxylation is 2. The van der Waals surface area contributed by atoms with E-state index in [2.05, 4.69) is 23.1 Å². The third-order valence-electron chi connectivity index (χ3n) is 10.2. The van der Waals surface area contributed by atoms with Crippen molar-refractivity contribution in [2.75, 3.05) is 33.3 Å². The van der Waals surface area contributed by atoms with Gasteiger partial charge in [-0.25, -0.2) is 14.6 Å². The van der Waals surface area contributed by atoms with Crippen LogP contribution in [-0.4, -0.2) is 86.7 Å². The van der Waals surface area contributed by atoms with Crippen LogP contribution in [0.15, 0.2) is 48.5 Å². The number of aliphatic carboxylic acids is 1. The van der Waals surface area contributed by atoms with Gasteiger partial charge in [-0.05, 0) is 108 Å². The molecule has 0 aliphatic carbocycles. The Morgan fingerprint density at radius 2 is 1.73 bits per heavy atom. The maximum atomic E-state index is 12.8. The highest BCUT2D eigenvalue weighted by molar-refractivity contribution is 7.22. The molecule has 10 nitrogen and oxygen atoms in total. The van der Waals surface area contributed by atoms with Crippen LogP contribution in [0.5, 0.6) is 0 Å². The van der Waals surface area contributed by atoms with Crippen molar-refractivity contribution in [2.24, 2.45) is 7.05 Å². The van der Waals surface area contributed by atoms with Gasteiger partial charge in [0.05, 0.1) is 34.1 Å². The van der Waals surface area contributed by atoms with Crippen molar-refractivity contribution in [1.82, 2.24) is 24.6 Å². The molecule has 2 atom stereocenters. The van der Waals surface area contributed by atoms with Gasteiger partial charge in [0, 0.05) is 59.2 Å². The first kappa shape index (κ1) is 35.4. The first-order valence-corrected chi connectivity index (χ1v) is 18.6. The van der Waals surface area contributed by atoms with E-state index in [9.17, 15) is 14.7 Å². The number of carboxylic acids is 1. The normalized spacial score (nSPS) is 18.2. The lowest BCUT2D eigenvalue weighted by Crippen LogP contribution is -2.43. The molecule has 2 aliphatic rings. The number of hydrogen-bond acceptors (Lipinski definition) is 8. The molecule has 268 valence electrons. The van der Waals surface area contributed by atoms with E-state index in [0.29, 0.717) is 22.5 Å². The second-order valence-corrected chi connectivity index (χ2v) is 16.1. The standard InChI is InChI=1S/C39H44ClN5O5S/c1-22-19-29-35(32(23-7-10-26(40)11-8-23)31(22)34(37(46)47)50-39(2,3)4)51-36(41-29)25-9-12-30-28(20-25)33(42-43(30)5)24-13-16-44(17-14-24)27-15-18-45(21-27)38(48)49-6/h7-12,19-20,24,27,34H,13-18,21H2,1-6H3,(H,46,47)/t27-,34?/m1/s1. The summed E-state index contributed by atoms with van der Waals surface area (Å²) in [5.74, 6) is -0.717. The lowest BCUT2D eigenvalue weighted by molar-refractivity contribution is -0.160. The Bertz CT molecular complexity index is 2110. The number of halogens is 1. The number of carbonyl (C=O) groups is 2. The summed E-state index contributed by atoms with van der Waals surface area (Å²) in [6, 6.07) is 16.3. The number of ether oxygens (including phenoxy) is 2. The van der Waals surface area contributed by atoms with Crippen LogP contribution in [0.1, 0.15) is 68.9 Å². The number of hydrogen-bond donors (Lipinski definition) is 1. The number of aromatic nitrogens is 3. The predicted molar refractivity (Wildman–Crippen MR) is 202 cm³/mol. The summed E-state index contributed by atoms with van der Waals surface area (Å²) in [4.78, 5) is 34.3. The van der Waals surface area contributed by atoms with E-state index in [4.69, 9.17) is 31.2 Å². The lowest BCUT2D eigenvalue weighted by atomic mass is 9.90. The van der Waals surface area contributed by atoms with Crippen LogP contribution in [0.4, 0.5) is 4.79 Å². The summed E-state index contributed by atoms with van der Waals surface area (Å²) >= 11 is 7.85. The van der Waals surface area contributed by atoms with Gasteiger partial charge in [-0.1, -0.05) is 23.7 Å². The third-order valence-corrected chi connectivity index (χ3v) is 11.6. The number of fused-ring (bicyclic) bond motifs is 2. The Kier molecular flexibility index (Phi) is 9.60. The molecule has 5 aromatic rings. The molecule has 0 radical (unpaired) electrons. The molecule has 2 saturated heterocycles. The van der Waals surface area contributed by atoms with Crippen molar-refractivity contribution in [3.05, 3.63) is 70.4 Å². The van der Waals surface area contributed by atoms with Crippen LogP contribution in [0.2, 0.25) is 5.02 Å². The number of likely N-dealkylation sites (tertiary alicyclic amines) is 2. The highest BCUT2D eigenvalue weighted by Gasteiger charge is 2.35. The fourth-order valence-electron chi connectivity index (χ4n) is 7.76. The Labute approximate surface area is 306 Å². The van der Waals surface area contributed by atoms with Crippen molar-refractivity contribution >= 4 is 56.1 Å². The van der Waals surface area contributed by atoms with Crippen LogP contribution < -0.4 is 0 Å². The number of rotatable bonds is 7. The minimum Gasteiger partial charge on any atom is -0.479 e. The number of carboxylic acid groups (broad SMARTS) is 1. The second-order valence-electron chi connectivity index (χ2n) is 14.7. The molecule has 2 fully saturated rings. The van der Waals surface area contributed by atoms with E-state index < -0.39 is 17.7 Å². The van der Waals surface area contributed by atoms with Crippen molar-refractivity contribution < 1.29 is 24.2 Å². The molecule has 2 aliphatic heterocycles. The van der Waals surface area contributed by atoms with Gasteiger partial charge in [0.1, 0.15) is 5.01 Å². The number of benzene rings is 3. The molecule has 1 N–H and O–H groups in total. The highest BCUT2D eigenvalue weighted by Crippen LogP contribution is 2.45. The Balaban J connectivity index is 1.24. The van der Waals surface area contributed by atoms with E-state index >= 15 is 0 Å². The number of amides is 1. The molecule has 3 aromatic carbocycles. The average Bonchev–Trinajstić information content (AvgIpc) is 3.84. The minimum absolute atomic E-state index is 0.243. The molecule has 2 aromatic heterocycles. The fourth-order valence-corrected chi connectivity index (χ4v) is 9.01. The second kappa shape index (κ2) is 13.8. The van der Waals surface area contributed by atoms with Crippen molar-refractivity contribution in [3.63, 3.8) is 0 Å². The number of thiazole rings is 1. The molecule has 12 heteroatoms. The molecular formula is C39H44ClN5O5S. The Hall–Kier alpha value is -4.03. The van der Waals surface area contributed by atoms with E-state index in [1.54, 1.807) is 16.2 Å². The Morgan fingerprint density at radius 1 is 1.02 bits per heavy atom. The van der Waals surface area contributed by atoms with Crippen LogP contribution >= 0.6 is 22.9 Å². The minimum atomic E-state index is -1.17. The molecule has 1 amide bonds. The largest absolute Gasteiger partial charge is 0.479 e. The smallest absolute Gasteiger partial charge is 0.409 e. The van der Waals surface area contributed by atoms with Crippen LogP contribution in [0.25, 0.3) is 42.8 Å². The summed E-state index contributed by atoms with van der Waals surface area (Å²) in [6.07, 6.45) is 1.55. The van der Waals surface area contributed by atoms with Crippen molar-refractivity contribution in [1.29, 1.82) is 0 Å². The molecule has 7 rings (SSSR count). The summed E-state index contributed by atoms with van der Waals surface area (Å²) in [5, 5.41) is 18.1. The topological polar surface area (TPSA) is 110 Å². The number of nitrogens with zero attached hydrogens (tertiary/aromatic N) is 5. The van der Waals surface area contributed by atoms with E-state index in [1.165, 1.54) is 7.11 Å². The number of carbonyl (C=O) groups excluding carboxylic acids is 1. The van der Waals surface area contributed by atoms with Crippen molar-refractivity contribution in [3.8, 4) is 21.7 Å². The van der Waals surface area contributed by atoms with E-state index in [-0.39, 0.29) is 6.09 Å². The zero-order chi connectivity index (χ0) is 36.2. The zero-order valence-electron chi connectivity index (χ0n) is 29.9. The number of methoxy groups -OCH3 is 1. The average molecular weight is 730 g/mol. The third kappa shape index (κ3) is 6.96. The summed E-state index contributed by atoms with van der Waals surface area (Å²) in [5.41, 5.74) is 6.37. The molecule has 51 heavy (non-hydrogen) atoms. The summed E-state index contributed by atoms with van der Waals surface area (Å²) in [7, 11) is 3.44. The van der Waals surface area contributed by atoms with Gasteiger partial charge in [-0.2, -0.15) is 5.10 Å². The van der Waals surface area contributed by atoms with Gasteiger partial charge in [-0.3, -0.25) is 9.58 Å². The fraction of sp³-hybridized carbons (Fsp3) is 0.436. The summed E-state index contributed by atoms with van der Waals surface area (Å²) < 4.78 is 14.0. The van der Waals surface area contributed by atoms with Gasteiger partial charge in [-0.15, -0.1) is 11.3 Å². The van der Waals surface area contributed by atoms with Gasteiger partial charge in [0.2, 0.25) is 0 Å². The van der Waals surface area contributed by atoms with Crippen molar-refractivity contribution in [2.45, 2.75) is 70.6 Å². The first-order chi connectivity index (χ1) is 24.3. The van der Waals surface area contributed by atoms with Crippen LogP contribution in [-0.2, 0) is 21.3 Å². The van der Waals surface area contributed by atoms with Gasteiger partial charge in [0.15, 0.2) is 6.10 Å². The van der Waals surface area contributed by atoms with E-state index in [1.807, 2.05) is 69.8 Å². The van der Waals surface area contributed by atoms with Gasteiger partial charge >= 0.3 is 12.1 Å². The maximum absolute atomic E-state index is 12.8. The molecule has 0 spiro atoms. The first-order valence-electron chi connectivity index (χ1n) is 17.5. The maximum Gasteiger partial charge on any atom is 0.409 e. The van der Waals surface area contributed by atoms with Gasteiger partial charge < -0.3 is 19.5 Å². The summed E-state index contributed by atoms with van der Waals surface area (Å²) in [6.45, 7) is 10.9. The molecule has 4 heterocycles. The van der Waals surface area contributed by atoms with E-state index in [0.717, 1.165) is 99.5 Å². The monoisotopic (exact) mass is 729 g/mol. The molecule has 1 unspecified atom stereocenters.